The molecular formula is C21H15Cl2N3O. The van der Waals surface area contributed by atoms with Crippen molar-refractivity contribution in [2.45, 2.75) is 6.92 Å². The number of fused-ring (bicyclic) bond motifs is 1. The highest BCUT2D eigenvalue weighted by Crippen LogP contribution is 2.26. The minimum absolute atomic E-state index is 0.244. The number of carbonyl (C=O) groups excluding carboxylic acids is 1. The lowest BCUT2D eigenvalue weighted by Gasteiger charge is -2.08. The summed E-state index contributed by atoms with van der Waals surface area (Å²) in [5, 5.41) is 3.70. The molecule has 0 saturated carbocycles. The van der Waals surface area contributed by atoms with Gasteiger partial charge in [-0.1, -0.05) is 41.4 Å². The molecule has 2 N–H and O–H groups in total. The number of hydrogen-bond acceptors (Lipinski definition) is 2. The highest BCUT2D eigenvalue weighted by atomic mass is 35.5. The third-order valence-corrected chi connectivity index (χ3v) is 4.79. The van der Waals surface area contributed by atoms with E-state index in [4.69, 9.17) is 23.2 Å². The van der Waals surface area contributed by atoms with Crippen molar-refractivity contribution in [3.05, 3.63) is 81.8 Å². The second kappa shape index (κ2) is 7.06. The molecule has 3 aromatic carbocycles. The number of nitrogens with zero attached hydrogens (tertiary/aromatic N) is 1. The second-order valence-corrected chi connectivity index (χ2v) is 7.11. The number of anilines is 1. The topological polar surface area (TPSA) is 57.8 Å². The zero-order chi connectivity index (χ0) is 19.0. The minimum atomic E-state index is -0.244. The average Bonchev–Trinajstić information content (AvgIpc) is 3.07. The van der Waals surface area contributed by atoms with Gasteiger partial charge in [-0.25, -0.2) is 4.98 Å². The summed E-state index contributed by atoms with van der Waals surface area (Å²) in [6.07, 6.45) is 0. The van der Waals surface area contributed by atoms with E-state index in [1.54, 1.807) is 30.3 Å². The number of nitrogens with one attached hydrogen (secondary N) is 2. The van der Waals surface area contributed by atoms with Crippen LogP contribution in [0.1, 0.15) is 15.9 Å². The third kappa shape index (κ3) is 3.68. The first kappa shape index (κ1) is 17.6. The van der Waals surface area contributed by atoms with Crippen LogP contribution in [0.2, 0.25) is 10.0 Å². The predicted octanol–water partition coefficient (Wildman–Crippen LogP) is 6.10. The lowest BCUT2D eigenvalue weighted by molar-refractivity contribution is 0.102. The van der Waals surface area contributed by atoms with Crippen molar-refractivity contribution < 1.29 is 4.79 Å². The molecule has 0 aliphatic carbocycles. The molecule has 4 rings (SSSR count). The molecule has 4 nitrogen and oxygen atoms in total. The molecular weight excluding hydrogens is 381 g/mol. The van der Waals surface area contributed by atoms with Crippen LogP contribution in [-0.4, -0.2) is 15.9 Å². The van der Waals surface area contributed by atoms with E-state index in [-0.39, 0.29) is 5.91 Å². The first-order chi connectivity index (χ1) is 13.0. The Hall–Kier alpha value is -2.82. The number of hydrogen-bond donors (Lipinski definition) is 2. The van der Waals surface area contributed by atoms with E-state index < -0.39 is 0 Å². The second-order valence-electron chi connectivity index (χ2n) is 6.26. The van der Waals surface area contributed by atoms with E-state index in [0.29, 0.717) is 21.3 Å². The quantitative estimate of drug-likeness (QED) is 0.440. The monoisotopic (exact) mass is 395 g/mol. The minimum Gasteiger partial charge on any atom is -0.338 e. The van der Waals surface area contributed by atoms with E-state index in [1.807, 2.05) is 31.2 Å². The average molecular weight is 396 g/mol. The Morgan fingerprint density at radius 2 is 1.78 bits per heavy atom. The number of H-pyrrole nitrogens is 1. The fourth-order valence-electron chi connectivity index (χ4n) is 2.82. The van der Waals surface area contributed by atoms with Gasteiger partial charge in [0.25, 0.3) is 5.91 Å². The maximum atomic E-state index is 12.5. The van der Waals surface area contributed by atoms with Crippen LogP contribution in [0.5, 0.6) is 0 Å². The van der Waals surface area contributed by atoms with Gasteiger partial charge in [0.2, 0.25) is 0 Å². The van der Waals surface area contributed by atoms with Gasteiger partial charge in [0.05, 0.1) is 21.7 Å². The van der Waals surface area contributed by atoms with E-state index in [9.17, 15) is 4.79 Å². The predicted molar refractivity (Wildman–Crippen MR) is 111 cm³/mol. The lowest BCUT2D eigenvalue weighted by Crippen LogP contribution is -2.12. The van der Waals surface area contributed by atoms with Crippen LogP contribution in [0.3, 0.4) is 0 Å². The summed E-state index contributed by atoms with van der Waals surface area (Å²) in [6, 6.07) is 18.3. The number of aromatic amines is 1. The SMILES string of the molecule is Cc1ccc2nc(-c3ccc(C(=O)Nc4ccc(Cl)cc4Cl)cc3)[nH]c2c1. The standard InChI is InChI=1S/C21H15Cl2N3O/c1-12-2-8-18-19(10-12)25-20(24-18)13-3-5-14(6-4-13)21(27)26-17-9-7-15(22)11-16(17)23/h2-11H,1H3,(H,24,25)(H,26,27). The first-order valence-electron chi connectivity index (χ1n) is 8.33. The molecule has 0 saturated heterocycles. The van der Waals surface area contributed by atoms with Crippen LogP contribution in [-0.2, 0) is 0 Å². The van der Waals surface area contributed by atoms with Crippen molar-refractivity contribution in [3.63, 3.8) is 0 Å². The van der Waals surface area contributed by atoms with Crippen LogP contribution in [0.15, 0.2) is 60.7 Å². The summed E-state index contributed by atoms with van der Waals surface area (Å²) in [5.41, 5.74) is 5.02. The van der Waals surface area contributed by atoms with Crippen molar-refractivity contribution in [2.24, 2.45) is 0 Å². The van der Waals surface area contributed by atoms with E-state index in [1.165, 1.54) is 5.56 Å². The smallest absolute Gasteiger partial charge is 0.255 e. The fraction of sp³-hybridized carbons (Fsp3) is 0.0476. The molecule has 4 aromatic rings. The summed E-state index contributed by atoms with van der Waals surface area (Å²) in [6.45, 7) is 2.04. The maximum absolute atomic E-state index is 12.5. The highest BCUT2D eigenvalue weighted by molar-refractivity contribution is 6.36. The van der Waals surface area contributed by atoms with E-state index >= 15 is 0 Å². The van der Waals surface area contributed by atoms with Crippen molar-refractivity contribution in [1.82, 2.24) is 9.97 Å². The molecule has 0 bridgehead atoms. The fourth-order valence-corrected chi connectivity index (χ4v) is 3.28. The number of carbonyl (C=O) groups is 1. The number of benzene rings is 3. The van der Waals surface area contributed by atoms with Gasteiger partial charge in [0.1, 0.15) is 5.82 Å². The lowest BCUT2D eigenvalue weighted by atomic mass is 10.1. The molecule has 0 radical (unpaired) electrons. The van der Waals surface area contributed by atoms with Gasteiger partial charge < -0.3 is 10.3 Å². The molecule has 27 heavy (non-hydrogen) atoms. The van der Waals surface area contributed by atoms with Crippen LogP contribution in [0, 0.1) is 6.92 Å². The van der Waals surface area contributed by atoms with Gasteiger partial charge in [0, 0.05) is 16.1 Å². The molecule has 0 atom stereocenters. The normalized spacial score (nSPS) is 10.9. The number of aromatic nitrogens is 2. The Bertz CT molecular complexity index is 1150. The molecule has 0 unspecified atom stereocenters. The molecule has 0 aliphatic rings. The van der Waals surface area contributed by atoms with Gasteiger partial charge in [-0.15, -0.1) is 0 Å². The molecule has 6 heteroatoms. The zero-order valence-corrected chi connectivity index (χ0v) is 15.9. The zero-order valence-electron chi connectivity index (χ0n) is 14.4. The van der Waals surface area contributed by atoms with E-state index in [0.717, 1.165) is 22.4 Å². The molecule has 0 fully saturated rings. The molecule has 134 valence electrons. The number of imidazole rings is 1. The van der Waals surface area contributed by atoms with Gasteiger partial charge in [-0.3, -0.25) is 4.79 Å². The first-order valence-corrected chi connectivity index (χ1v) is 9.08. The summed E-state index contributed by atoms with van der Waals surface area (Å²) in [4.78, 5) is 20.4. The summed E-state index contributed by atoms with van der Waals surface area (Å²) in [7, 11) is 0. The molecule has 1 aromatic heterocycles. The van der Waals surface area contributed by atoms with Crippen LogP contribution in [0.4, 0.5) is 5.69 Å². The van der Waals surface area contributed by atoms with Gasteiger partial charge in [-0.05, 0) is 55.0 Å². The van der Waals surface area contributed by atoms with Crippen LogP contribution >= 0.6 is 23.2 Å². The Labute approximate surface area is 166 Å². The van der Waals surface area contributed by atoms with E-state index in [2.05, 4.69) is 21.4 Å². The Morgan fingerprint density at radius 1 is 1.00 bits per heavy atom. The molecule has 0 spiro atoms. The Morgan fingerprint density at radius 3 is 2.52 bits per heavy atom. The number of aryl methyl sites for hydroxylation is 1. The maximum Gasteiger partial charge on any atom is 0.255 e. The van der Waals surface area contributed by atoms with Crippen molar-refractivity contribution in [2.75, 3.05) is 5.32 Å². The van der Waals surface area contributed by atoms with Crippen molar-refractivity contribution in [1.29, 1.82) is 0 Å². The summed E-state index contributed by atoms with van der Waals surface area (Å²) < 4.78 is 0. The Balaban J connectivity index is 1.56. The Kier molecular flexibility index (Phi) is 4.60. The highest BCUT2D eigenvalue weighted by Gasteiger charge is 2.11. The van der Waals surface area contributed by atoms with Crippen molar-refractivity contribution in [3.8, 4) is 11.4 Å². The number of halogens is 2. The molecule has 1 amide bonds. The van der Waals surface area contributed by atoms with Crippen molar-refractivity contribution >= 4 is 45.8 Å². The van der Waals surface area contributed by atoms with Gasteiger partial charge >= 0.3 is 0 Å². The summed E-state index contributed by atoms with van der Waals surface area (Å²) in [5.74, 6) is 0.523. The van der Waals surface area contributed by atoms with Gasteiger partial charge in [-0.2, -0.15) is 0 Å². The summed E-state index contributed by atoms with van der Waals surface area (Å²) >= 11 is 12.0. The largest absolute Gasteiger partial charge is 0.338 e. The van der Waals surface area contributed by atoms with Gasteiger partial charge in [0.15, 0.2) is 0 Å². The number of amides is 1. The molecule has 1 heterocycles. The van der Waals surface area contributed by atoms with Crippen LogP contribution < -0.4 is 5.32 Å². The number of rotatable bonds is 3. The third-order valence-electron chi connectivity index (χ3n) is 4.24. The van der Waals surface area contributed by atoms with Crippen LogP contribution in [0.25, 0.3) is 22.4 Å². The molecule has 0 aliphatic heterocycles.